The van der Waals surface area contributed by atoms with E-state index < -0.39 is 11.9 Å². The molecule has 5 nitrogen and oxygen atoms in total. The Bertz CT molecular complexity index is 375. The highest BCUT2D eigenvalue weighted by molar-refractivity contribution is 5.89. The van der Waals surface area contributed by atoms with Gasteiger partial charge < -0.3 is 14.9 Å². The molecule has 0 aromatic carbocycles. The highest BCUT2D eigenvalue weighted by Crippen LogP contribution is 2.40. The van der Waals surface area contributed by atoms with Gasteiger partial charge in [0.2, 0.25) is 5.91 Å². The number of hydrogen-bond acceptors (Lipinski definition) is 3. The molecule has 1 saturated heterocycles. The van der Waals surface area contributed by atoms with Crippen molar-refractivity contribution in [3.8, 4) is 0 Å². The van der Waals surface area contributed by atoms with Crippen LogP contribution in [0.2, 0.25) is 0 Å². The molecule has 2 unspecified atom stereocenters. The van der Waals surface area contributed by atoms with Crippen molar-refractivity contribution in [2.24, 2.45) is 17.8 Å². The molecule has 0 aromatic heterocycles. The van der Waals surface area contributed by atoms with Crippen molar-refractivity contribution >= 4 is 11.9 Å². The van der Waals surface area contributed by atoms with Gasteiger partial charge in [0.15, 0.2) is 0 Å². The molecule has 1 aliphatic carbocycles. The predicted octanol–water partition coefficient (Wildman–Crippen LogP) is 1.29. The van der Waals surface area contributed by atoms with E-state index in [9.17, 15) is 9.59 Å². The van der Waals surface area contributed by atoms with Crippen molar-refractivity contribution in [3.05, 3.63) is 0 Å². The number of carbonyl (C=O) groups is 2. The zero-order valence-electron chi connectivity index (χ0n) is 12.7. The predicted molar refractivity (Wildman–Crippen MR) is 76.3 cm³/mol. The topological polar surface area (TPSA) is 60.9 Å². The summed E-state index contributed by atoms with van der Waals surface area (Å²) in [5.74, 6) is -0.777. The molecule has 2 fully saturated rings. The molecule has 1 heterocycles. The molecular weight excluding hydrogens is 256 g/mol. The summed E-state index contributed by atoms with van der Waals surface area (Å²) >= 11 is 0. The normalized spacial score (nSPS) is 27.1. The van der Waals surface area contributed by atoms with E-state index in [1.54, 1.807) is 0 Å². The second-order valence-corrected chi connectivity index (χ2v) is 6.59. The monoisotopic (exact) mass is 282 g/mol. The fourth-order valence-electron chi connectivity index (χ4n) is 2.93. The maximum absolute atomic E-state index is 12.2. The summed E-state index contributed by atoms with van der Waals surface area (Å²) in [4.78, 5) is 27.2. The molecular formula is C15H26N2O3. The largest absolute Gasteiger partial charge is 0.481 e. The van der Waals surface area contributed by atoms with Gasteiger partial charge in [-0.1, -0.05) is 0 Å². The number of amides is 1. The van der Waals surface area contributed by atoms with Gasteiger partial charge in [0, 0.05) is 25.7 Å². The fraction of sp³-hybridized carbons (Fsp3) is 0.867. The van der Waals surface area contributed by atoms with E-state index in [1.807, 2.05) is 4.90 Å². The quantitative estimate of drug-likeness (QED) is 0.825. The van der Waals surface area contributed by atoms with E-state index in [0.717, 1.165) is 32.5 Å². The molecule has 114 valence electrons. The highest BCUT2D eigenvalue weighted by Gasteiger charge is 2.50. The second kappa shape index (κ2) is 6.12. The fourth-order valence-corrected chi connectivity index (χ4v) is 2.93. The Morgan fingerprint density at radius 3 is 2.30 bits per heavy atom. The van der Waals surface area contributed by atoms with Crippen LogP contribution in [0.3, 0.4) is 0 Å². The van der Waals surface area contributed by atoms with Crippen LogP contribution in [-0.2, 0) is 9.59 Å². The number of carboxylic acid groups (broad SMARTS) is 1. The van der Waals surface area contributed by atoms with E-state index in [4.69, 9.17) is 5.11 Å². The highest BCUT2D eigenvalue weighted by atomic mass is 16.4. The summed E-state index contributed by atoms with van der Waals surface area (Å²) in [5, 5.41) is 8.89. The van der Waals surface area contributed by atoms with Gasteiger partial charge in [-0.05, 0) is 46.1 Å². The van der Waals surface area contributed by atoms with Crippen LogP contribution in [0, 0.1) is 17.8 Å². The van der Waals surface area contributed by atoms with Gasteiger partial charge in [-0.3, -0.25) is 9.59 Å². The molecule has 0 aromatic rings. The molecule has 1 aliphatic heterocycles. The Balaban J connectivity index is 1.74. The molecule has 0 bridgehead atoms. The number of hydrogen-bond donors (Lipinski definition) is 1. The third-order valence-corrected chi connectivity index (χ3v) is 4.78. The molecule has 2 aliphatic rings. The number of aliphatic carboxylic acids is 1. The molecule has 1 N–H and O–H groups in total. The van der Waals surface area contributed by atoms with Gasteiger partial charge >= 0.3 is 5.97 Å². The van der Waals surface area contributed by atoms with Crippen molar-refractivity contribution in [2.45, 2.75) is 39.2 Å². The van der Waals surface area contributed by atoms with Gasteiger partial charge in [0.1, 0.15) is 0 Å². The third-order valence-electron chi connectivity index (χ3n) is 4.78. The third kappa shape index (κ3) is 3.51. The van der Waals surface area contributed by atoms with Crippen LogP contribution in [0.5, 0.6) is 0 Å². The first-order valence-electron chi connectivity index (χ1n) is 7.62. The summed E-state index contributed by atoms with van der Waals surface area (Å²) in [5.41, 5.74) is 0. The van der Waals surface area contributed by atoms with Crippen LogP contribution in [0.15, 0.2) is 0 Å². The first kappa shape index (κ1) is 15.3. The van der Waals surface area contributed by atoms with Crippen molar-refractivity contribution in [2.75, 3.05) is 26.7 Å². The van der Waals surface area contributed by atoms with E-state index in [1.165, 1.54) is 0 Å². The standard InChI is InChI=1S/C15H26N2O3/c1-10(2)16(3)9-11-4-6-17(7-5-11)14(18)12-8-13(12)15(19)20/h10-13H,4-9H2,1-3H3,(H,19,20). The molecule has 2 rings (SSSR count). The lowest BCUT2D eigenvalue weighted by molar-refractivity contribution is -0.142. The SMILES string of the molecule is CC(C)N(C)CC1CCN(C(=O)C2CC2C(=O)O)CC1. The van der Waals surface area contributed by atoms with Crippen LogP contribution >= 0.6 is 0 Å². The smallest absolute Gasteiger partial charge is 0.307 e. The van der Waals surface area contributed by atoms with Crippen molar-refractivity contribution in [1.29, 1.82) is 0 Å². The minimum Gasteiger partial charge on any atom is -0.481 e. The maximum Gasteiger partial charge on any atom is 0.307 e. The first-order chi connectivity index (χ1) is 9.40. The minimum absolute atomic E-state index is 0.0630. The molecule has 2 atom stereocenters. The van der Waals surface area contributed by atoms with Gasteiger partial charge in [0.25, 0.3) is 0 Å². The van der Waals surface area contributed by atoms with E-state index in [-0.39, 0.29) is 11.8 Å². The average molecular weight is 282 g/mol. The van der Waals surface area contributed by atoms with Crippen LogP contribution in [0.25, 0.3) is 0 Å². The van der Waals surface area contributed by atoms with Gasteiger partial charge in [0.05, 0.1) is 11.8 Å². The summed E-state index contributed by atoms with van der Waals surface area (Å²) in [6.07, 6.45) is 2.60. The van der Waals surface area contributed by atoms with Crippen LogP contribution in [0.1, 0.15) is 33.1 Å². The first-order valence-corrected chi connectivity index (χ1v) is 7.62. The summed E-state index contributed by atoms with van der Waals surface area (Å²) in [7, 11) is 2.14. The Labute approximate surface area is 120 Å². The van der Waals surface area contributed by atoms with Gasteiger partial charge in [-0.15, -0.1) is 0 Å². The molecule has 0 spiro atoms. The second-order valence-electron chi connectivity index (χ2n) is 6.59. The van der Waals surface area contributed by atoms with E-state index >= 15 is 0 Å². The lowest BCUT2D eigenvalue weighted by Crippen LogP contribution is -2.42. The van der Waals surface area contributed by atoms with Crippen LogP contribution in [0.4, 0.5) is 0 Å². The minimum atomic E-state index is -0.822. The number of carboxylic acids is 1. The Morgan fingerprint density at radius 2 is 1.85 bits per heavy atom. The maximum atomic E-state index is 12.2. The zero-order valence-corrected chi connectivity index (χ0v) is 12.7. The molecule has 1 saturated carbocycles. The molecule has 1 amide bonds. The van der Waals surface area contributed by atoms with Gasteiger partial charge in [-0.25, -0.2) is 0 Å². The average Bonchev–Trinajstić information content (AvgIpc) is 3.19. The van der Waals surface area contributed by atoms with Gasteiger partial charge in [-0.2, -0.15) is 0 Å². The molecule has 5 heteroatoms. The zero-order chi connectivity index (χ0) is 14.9. The van der Waals surface area contributed by atoms with Crippen molar-refractivity contribution in [3.63, 3.8) is 0 Å². The Morgan fingerprint density at radius 1 is 1.25 bits per heavy atom. The number of likely N-dealkylation sites (tertiary alicyclic amines) is 1. The lowest BCUT2D eigenvalue weighted by Gasteiger charge is -2.35. The van der Waals surface area contributed by atoms with Crippen molar-refractivity contribution < 1.29 is 14.7 Å². The Hall–Kier alpha value is -1.10. The van der Waals surface area contributed by atoms with E-state index in [2.05, 4.69) is 25.8 Å². The number of nitrogens with zero attached hydrogens (tertiary/aromatic N) is 2. The van der Waals surface area contributed by atoms with Crippen LogP contribution < -0.4 is 0 Å². The number of rotatable bonds is 5. The van der Waals surface area contributed by atoms with Crippen LogP contribution in [-0.4, -0.2) is 59.5 Å². The van der Waals surface area contributed by atoms with E-state index in [0.29, 0.717) is 18.4 Å². The Kier molecular flexibility index (Phi) is 4.68. The lowest BCUT2D eigenvalue weighted by atomic mass is 9.95. The summed E-state index contributed by atoms with van der Waals surface area (Å²) in [6, 6.07) is 0.553. The number of carbonyl (C=O) groups excluding carboxylic acids is 1. The summed E-state index contributed by atoms with van der Waals surface area (Å²) < 4.78 is 0. The molecule has 0 radical (unpaired) electrons. The number of piperidine rings is 1. The van der Waals surface area contributed by atoms with Crippen molar-refractivity contribution in [1.82, 2.24) is 9.80 Å². The molecule has 20 heavy (non-hydrogen) atoms. The summed E-state index contributed by atoms with van der Waals surface area (Å²) in [6.45, 7) is 7.05.